The first-order chi connectivity index (χ1) is 7.66. The SMILES string of the molecule is CC(C)[PH](=O)CCCCC1CC2C=CC1C2. The van der Waals surface area contributed by atoms with Crippen LogP contribution in [0.4, 0.5) is 0 Å². The van der Waals surface area contributed by atoms with Crippen LogP contribution in [-0.4, -0.2) is 11.8 Å². The van der Waals surface area contributed by atoms with Gasteiger partial charge in [-0.1, -0.05) is 32.4 Å². The minimum absolute atomic E-state index is 0.412. The molecule has 0 amide bonds. The van der Waals surface area contributed by atoms with Crippen LogP contribution in [0.5, 0.6) is 0 Å². The van der Waals surface area contributed by atoms with Crippen LogP contribution in [0.3, 0.4) is 0 Å². The second-order valence-electron chi connectivity index (χ2n) is 5.91. The van der Waals surface area contributed by atoms with Gasteiger partial charge in [0.1, 0.15) is 0 Å². The first-order valence-electron chi connectivity index (χ1n) is 6.88. The summed E-state index contributed by atoms with van der Waals surface area (Å²) in [5.74, 6) is 2.76. The van der Waals surface area contributed by atoms with Crippen molar-refractivity contribution in [2.24, 2.45) is 17.8 Å². The van der Waals surface area contributed by atoms with E-state index in [0.717, 1.165) is 23.9 Å². The van der Waals surface area contributed by atoms with Crippen LogP contribution in [0, 0.1) is 17.8 Å². The second-order valence-corrected chi connectivity index (χ2v) is 8.49. The topological polar surface area (TPSA) is 17.1 Å². The van der Waals surface area contributed by atoms with E-state index in [9.17, 15) is 4.57 Å². The summed E-state index contributed by atoms with van der Waals surface area (Å²) >= 11 is 0. The van der Waals surface area contributed by atoms with Crippen LogP contribution >= 0.6 is 7.80 Å². The van der Waals surface area contributed by atoms with E-state index < -0.39 is 7.80 Å². The van der Waals surface area contributed by atoms with Crippen LogP contribution in [0.15, 0.2) is 12.2 Å². The molecule has 92 valence electrons. The highest BCUT2D eigenvalue weighted by Crippen LogP contribution is 2.45. The van der Waals surface area contributed by atoms with Gasteiger partial charge < -0.3 is 4.57 Å². The summed E-state index contributed by atoms with van der Waals surface area (Å²) in [6.45, 7) is 4.17. The fourth-order valence-electron chi connectivity index (χ4n) is 3.22. The van der Waals surface area contributed by atoms with Crippen molar-refractivity contribution >= 4 is 7.80 Å². The van der Waals surface area contributed by atoms with E-state index in [2.05, 4.69) is 26.0 Å². The van der Waals surface area contributed by atoms with Crippen molar-refractivity contribution in [2.45, 2.75) is 51.6 Å². The van der Waals surface area contributed by atoms with E-state index in [1.54, 1.807) is 0 Å². The highest BCUT2D eigenvalue weighted by atomic mass is 31.1. The lowest BCUT2D eigenvalue weighted by atomic mass is 9.89. The minimum Gasteiger partial charge on any atom is -0.327 e. The number of hydrogen-bond acceptors (Lipinski definition) is 1. The predicted molar refractivity (Wildman–Crippen MR) is 71.7 cm³/mol. The van der Waals surface area contributed by atoms with Crippen LogP contribution < -0.4 is 0 Å². The molecule has 2 aliphatic carbocycles. The lowest BCUT2D eigenvalue weighted by molar-refractivity contribution is 0.402. The zero-order valence-corrected chi connectivity index (χ0v) is 11.6. The summed E-state index contributed by atoms with van der Waals surface area (Å²) in [7, 11) is -1.28. The number of fused-ring (bicyclic) bond motifs is 2. The average Bonchev–Trinajstić information content (AvgIpc) is 2.85. The molecule has 0 N–H and O–H groups in total. The van der Waals surface area contributed by atoms with Crippen LogP contribution in [0.1, 0.15) is 46.0 Å². The molecule has 2 bridgehead atoms. The largest absolute Gasteiger partial charge is 0.327 e. The molecule has 2 rings (SSSR count). The van der Waals surface area contributed by atoms with Gasteiger partial charge in [-0.2, -0.15) is 0 Å². The van der Waals surface area contributed by atoms with Crippen LogP contribution in [0.25, 0.3) is 0 Å². The smallest absolute Gasteiger partial charge is 0.0786 e. The monoisotopic (exact) mass is 240 g/mol. The van der Waals surface area contributed by atoms with Crippen molar-refractivity contribution in [3.63, 3.8) is 0 Å². The Morgan fingerprint density at radius 2 is 2.06 bits per heavy atom. The summed E-state index contributed by atoms with van der Waals surface area (Å²) in [6, 6.07) is 0. The Bertz CT molecular complexity index is 282. The molecule has 2 heteroatoms. The first kappa shape index (κ1) is 12.4. The molecule has 1 fully saturated rings. The lowest BCUT2D eigenvalue weighted by Crippen LogP contribution is -2.06. The van der Waals surface area contributed by atoms with Gasteiger partial charge in [-0.05, 0) is 49.6 Å². The highest BCUT2D eigenvalue weighted by molar-refractivity contribution is 7.45. The zero-order chi connectivity index (χ0) is 11.5. The maximum absolute atomic E-state index is 11.6. The molecule has 1 nitrogen and oxygen atoms in total. The second kappa shape index (κ2) is 5.54. The van der Waals surface area contributed by atoms with Gasteiger partial charge >= 0.3 is 0 Å². The standard InChI is InChI=1S/C14H25OP/c1-11(2)16(15)8-4-3-5-13-9-12-6-7-14(13)10-12/h6-7,11-14,16H,3-5,8-10H2,1-2H3. The maximum Gasteiger partial charge on any atom is 0.0786 e. The number of rotatable bonds is 6. The molecule has 1 saturated carbocycles. The number of hydrogen-bond donors (Lipinski definition) is 0. The molecule has 0 aromatic heterocycles. The molecule has 0 aliphatic heterocycles. The summed E-state index contributed by atoms with van der Waals surface area (Å²) in [5, 5.41) is 0. The van der Waals surface area contributed by atoms with Gasteiger partial charge in [-0.3, -0.25) is 0 Å². The van der Waals surface area contributed by atoms with E-state index in [1.165, 1.54) is 32.1 Å². The predicted octanol–water partition coefficient (Wildman–Crippen LogP) is 4.34. The van der Waals surface area contributed by atoms with Crippen molar-refractivity contribution < 1.29 is 4.57 Å². The molecule has 0 aromatic rings. The summed E-state index contributed by atoms with van der Waals surface area (Å²) in [5.41, 5.74) is 0.412. The summed E-state index contributed by atoms with van der Waals surface area (Å²) < 4.78 is 11.6. The first-order valence-corrected chi connectivity index (χ1v) is 8.57. The maximum atomic E-state index is 11.6. The Kier molecular flexibility index (Phi) is 4.30. The molecule has 0 heterocycles. The van der Waals surface area contributed by atoms with Crippen molar-refractivity contribution in [3.05, 3.63) is 12.2 Å². The van der Waals surface area contributed by atoms with Gasteiger partial charge in [0.05, 0.1) is 7.80 Å². The van der Waals surface area contributed by atoms with Crippen molar-refractivity contribution in [2.75, 3.05) is 6.16 Å². The molecule has 0 aromatic carbocycles. The van der Waals surface area contributed by atoms with Gasteiger partial charge in [0, 0.05) is 5.66 Å². The Hall–Kier alpha value is -0.0300. The van der Waals surface area contributed by atoms with E-state index in [-0.39, 0.29) is 0 Å². The Morgan fingerprint density at radius 1 is 1.25 bits per heavy atom. The van der Waals surface area contributed by atoms with Gasteiger partial charge in [0.15, 0.2) is 0 Å². The quantitative estimate of drug-likeness (QED) is 0.383. The van der Waals surface area contributed by atoms with Gasteiger partial charge in [-0.15, -0.1) is 0 Å². The van der Waals surface area contributed by atoms with Gasteiger partial charge in [-0.25, -0.2) is 0 Å². The molecule has 0 saturated heterocycles. The molecular formula is C14H25OP. The summed E-state index contributed by atoms with van der Waals surface area (Å²) in [4.78, 5) is 0. The fourth-order valence-corrected chi connectivity index (χ4v) is 4.40. The Labute approximate surface area is 100 Å². The Balaban J connectivity index is 1.59. The van der Waals surface area contributed by atoms with Crippen molar-refractivity contribution in [1.29, 1.82) is 0 Å². The molecule has 4 atom stereocenters. The minimum atomic E-state index is -1.28. The fraction of sp³-hybridized carbons (Fsp3) is 0.857. The Morgan fingerprint density at radius 3 is 2.62 bits per heavy atom. The molecule has 2 aliphatic rings. The molecular weight excluding hydrogens is 215 g/mol. The molecule has 16 heavy (non-hydrogen) atoms. The van der Waals surface area contributed by atoms with Crippen molar-refractivity contribution in [3.8, 4) is 0 Å². The van der Waals surface area contributed by atoms with E-state index in [4.69, 9.17) is 0 Å². The normalized spacial score (nSPS) is 33.8. The van der Waals surface area contributed by atoms with Crippen LogP contribution in [0.2, 0.25) is 0 Å². The van der Waals surface area contributed by atoms with Gasteiger partial charge in [0.2, 0.25) is 0 Å². The van der Waals surface area contributed by atoms with Crippen molar-refractivity contribution in [1.82, 2.24) is 0 Å². The average molecular weight is 240 g/mol. The van der Waals surface area contributed by atoms with Gasteiger partial charge in [0.25, 0.3) is 0 Å². The third-order valence-electron chi connectivity index (χ3n) is 4.31. The zero-order valence-electron chi connectivity index (χ0n) is 10.6. The number of unbranched alkanes of at least 4 members (excludes halogenated alkanes) is 1. The van der Waals surface area contributed by atoms with Crippen LogP contribution in [-0.2, 0) is 4.57 Å². The molecule has 0 spiro atoms. The summed E-state index contributed by atoms with van der Waals surface area (Å²) in [6.07, 6.45) is 12.6. The molecule has 4 unspecified atom stereocenters. The van der Waals surface area contributed by atoms with E-state index in [0.29, 0.717) is 5.66 Å². The molecule has 0 radical (unpaired) electrons. The van der Waals surface area contributed by atoms with E-state index >= 15 is 0 Å². The van der Waals surface area contributed by atoms with E-state index in [1.807, 2.05) is 0 Å². The number of allylic oxidation sites excluding steroid dienone is 2. The third kappa shape index (κ3) is 3.00. The highest BCUT2D eigenvalue weighted by Gasteiger charge is 2.34. The lowest BCUT2D eigenvalue weighted by Gasteiger charge is -2.17. The third-order valence-corrected chi connectivity index (χ3v) is 6.44.